The molecule has 0 aromatic heterocycles. The molecule has 0 aliphatic heterocycles. The first kappa shape index (κ1) is 18.2. The molecular weight excluding hydrogens is 268 g/mol. The third-order valence-corrected chi connectivity index (χ3v) is 4.36. The second-order valence-corrected chi connectivity index (χ2v) is 5.52. The van der Waals surface area contributed by atoms with Crippen LogP contribution in [-0.2, 0) is 17.4 Å². The van der Waals surface area contributed by atoms with E-state index in [0.29, 0.717) is 0 Å². The molecule has 0 heterocycles. The standard InChI is InChI=1S/2C9H13.Cr/c2*1-6-5-7(2)9(4)8(6)3;/h2*5H,1-4H3;/q-5;-1;. The Morgan fingerprint density at radius 2 is 1.26 bits per heavy atom. The van der Waals surface area contributed by atoms with Crippen molar-refractivity contribution in [3.05, 3.63) is 56.6 Å². The first-order chi connectivity index (χ1) is 8.25. The summed E-state index contributed by atoms with van der Waals surface area (Å²) in [5, 5.41) is 0. The van der Waals surface area contributed by atoms with Gasteiger partial charge in [-0.05, 0) is 0 Å². The summed E-state index contributed by atoms with van der Waals surface area (Å²) in [6.07, 6.45) is 0. The van der Waals surface area contributed by atoms with Crippen LogP contribution in [0.5, 0.6) is 0 Å². The molecule has 0 aliphatic rings. The van der Waals surface area contributed by atoms with E-state index in [-0.39, 0.29) is 17.4 Å². The summed E-state index contributed by atoms with van der Waals surface area (Å²) in [5.74, 6) is 0. The van der Waals surface area contributed by atoms with Crippen molar-refractivity contribution in [2.24, 2.45) is 0 Å². The monoisotopic (exact) mass is 294 g/mol. The van der Waals surface area contributed by atoms with Crippen molar-refractivity contribution in [1.82, 2.24) is 0 Å². The Balaban J connectivity index is 0.000000324. The Labute approximate surface area is 129 Å². The van der Waals surface area contributed by atoms with Gasteiger partial charge in [-0.1, -0.05) is 27.7 Å². The molecule has 2 aromatic rings. The van der Waals surface area contributed by atoms with Gasteiger partial charge in [0.2, 0.25) is 0 Å². The van der Waals surface area contributed by atoms with Gasteiger partial charge < -0.3 is 28.3 Å². The van der Waals surface area contributed by atoms with Crippen LogP contribution in [0.1, 0.15) is 44.5 Å². The molecule has 0 fully saturated rings. The van der Waals surface area contributed by atoms with Gasteiger partial charge in [-0.2, -0.15) is 28.3 Å². The van der Waals surface area contributed by atoms with Gasteiger partial charge in [-0.3, -0.25) is 0 Å². The molecule has 0 bridgehead atoms. The molecule has 0 atom stereocenters. The van der Waals surface area contributed by atoms with Crippen molar-refractivity contribution in [3.8, 4) is 0 Å². The van der Waals surface area contributed by atoms with Crippen molar-refractivity contribution in [1.29, 1.82) is 0 Å². The summed E-state index contributed by atoms with van der Waals surface area (Å²) in [6, 6.07) is 4.48. The van der Waals surface area contributed by atoms with Crippen LogP contribution in [0.4, 0.5) is 0 Å². The fourth-order valence-corrected chi connectivity index (χ4v) is 2.27. The molecule has 0 unspecified atom stereocenters. The minimum Gasteiger partial charge on any atom is -0.743 e. The average molecular weight is 294 g/mol. The van der Waals surface area contributed by atoms with Crippen LogP contribution < -0.4 is 0 Å². The molecule has 2 aromatic carbocycles. The molecule has 19 heavy (non-hydrogen) atoms. The van der Waals surface area contributed by atoms with Gasteiger partial charge in [0, 0.05) is 17.4 Å². The van der Waals surface area contributed by atoms with Gasteiger partial charge in [-0.15, -0.1) is 0 Å². The van der Waals surface area contributed by atoms with Crippen LogP contribution in [0.15, 0.2) is 12.1 Å². The number of hydrogen-bond acceptors (Lipinski definition) is 0. The second-order valence-electron chi connectivity index (χ2n) is 5.52. The van der Waals surface area contributed by atoms with Gasteiger partial charge in [-0.25, -0.2) is 27.7 Å². The van der Waals surface area contributed by atoms with E-state index in [2.05, 4.69) is 67.5 Å². The quantitative estimate of drug-likeness (QED) is 0.580. The van der Waals surface area contributed by atoms with E-state index in [9.17, 15) is 0 Å². The van der Waals surface area contributed by atoms with Gasteiger partial charge in [0.05, 0.1) is 0 Å². The molecule has 0 saturated carbocycles. The fourth-order valence-electron chi connectivity index (χ4n) is 2.27. The zero-order chi connectivity index (χ0) is 14.0. The van der Waals surface area contributed by atoms with Crippen molar-refractivity contribution in [2.75, 3.05) is 0 Å². The molecule has 0 aliphatic carbocycles. The van der Waals surface area contributed by atoms with Crippen LogP contribution >= 0.6 is 0 Å². The van der Waals surface area contributed by atoms with Crippen LogP contribution in [-0.4, -0.2) is 0 Å². The Morgan fingerprint density at radius 1 is 0.842 bits per heavy atom. The summed E-state index contributed by atoms with van der Waals surface area (Å²) < 4.78 is 0. The topological polar surface area (TPSA) is 0 Å². The molecular formula is C18H26Cr-6. The molecule has 0 nitrogen and oxygen atoms in total. The van der Waals surface area contributed by atoms with Crippen LogP contribution in [0.2, 0.25) is 0 Å². The van der Waals surface area contributed by atoms with Gasteiger partial charge in [0.25, 0.3) is 0 Å². The molecule has 0 amide bonds. The second kappa shape index (κ2) is 7.13. The van der Waals surface area contributed by atoms with E-state index in [0.717, 1.165) is 0 Å². The summed E-state index contributed by atoms with van der Waals surface area (Å²) in [7, 11) is 0. The van der Waals surface area contributed by atoms with E-state index in [4.69, 9.17) is 0 Å². The summed E-state index contributed by atoms with van der Waals surface area (Å²) in [4.78, 5) is 0. The maximum absolute atomic E-state index is 2.24. The van der Waals surface area contributed by atoms with E-state index in [1.54, 1.807) is 0 Å². The van der Waals surface area contributed by atoms with E-state index >= 15 is 0 Å². The van der Waals surface area contributed by atoms with Crippen molar-refractivity contribution < 1.29 is 17.4 Å². The Morgan fingerprint density at radius 3 is 1.37 bits per heavy atom. The van der Waals surface area contributed by atoms with Crippen LogP contribution in [0, 0.1) is 55.4 Å². The largest absolute Gasteiger partial charge is 0.743 e. The van der Waals surface area contributed by atoms with Gasteiger partial charge in [0.15, 0.2) is 0 Å². The Bertz CT molecular complexity index is 443. The van der Waals surface area contributed by atoms with Crippen LogP contribution in [0.3, 0.4) is 0 Å². The molecule has 110 valence electrons. The predicted octanol–water partition coefficient (Wildman–Crippen LogP) is 5.28. The molecule has 0 saturated heterocycles. The third kappa shape index (κ3) is 4.10. The van der Waals surface area contributed by atoms with Crippen LogP contribution in [0.25, 0.3) is 0 Å². The Kier molecular flexibility index (Phi) is 6.84. The zero-order valence-electron chi connectivity index (χ0n) is 13.6. The van der Waals surface area contributed by atoms with E-state index < -0.39 is 0 Å². The summed E-state index contributed by atoms with van der Waals surface area (Å²) in [6.45, 7) is 17.4. The number of aryl methyl sites for hydroxylation is 4. The van der Waals surface area contributed by atoms with E-state index in [1.165, 1.54) is 44.5 Å². The van der Waals surface area contributed by atoms with Crippen molar-refractivity contribution in [3.63, 3.8) is 0 Å². The maximum Gasteiger partial charge on any atom is 0 e. The average Bonchev–Trinajstić information content (AvgIpc) is 2.66. The predicted molar refractivity (Wildman–Crippen MR) is 82.0 cm³/mol. The third-order valence-electron chi connectivity index (χ3n) is 4.36. The molecule has 0 N–H and O–H groups in total. The van der Waals surface area contributed by atoms with Crippen molar-refractivity contribution in [2.45, 2.75) is 55.4 Å². The Hall–Kier alpha value is -0.768. The van der Waals surface area contributed by atoms with E-state index in [1.807, 2.05) is 0 Å². The zero-order valence-corrected chi connectivity index (χ0v) is 14.8. The first-order valence-corrected chi connectivity index (χ1v) is 6.65. The molecule has 1 heteroatoms. The normalized spacial score (nSPS) is 9.68. The summed E-state index contributed by atoms with van der Waals surface area (Å²) in [5.41, 5.74) is 11.5. The SMILES string of the molecule is C[c-]1[cH-][c-](C)[c-](C)[c-]1C.Cc1c[c-](C)c(C)c1C.[Cr]. The molecule has 2 rings (SSSR count). The minimum atomic E-state index is 0. The van der Waals surface area contributed by atoms with Gasteiger partial charge in [0.1, 0.15) is 0 Å². The minimum absolute atomic E-state index is 0. The first-order valence-electron chi connectivity index (χ1n) is 6.65. The maximum atomic E-state index is 2.24. The number of rotatable bonds is 0. The fraction of sp³-hybridized carbons (Fsp3) is 0.444. The molecule has 0 radical (unpaired) electrons. The van der Waals surface area contributed by atoms with Gasteiger partial charge >= 0.3 is 0 Å². The number of hydrogen-bond donors (Lipinski definition) is 0. The smallest absolute Gasteiger partial charge is 0 e. The summed E-state index contributed by atoms with van der Waals surface area (Å²) >= 11 is 0. The molecule has 0 spiro atoms. The van der Waals surface area contributed by atoms with Crippen molar-refractivity contribution >= 4 is 0 Å².